The second-order valence-electron chi connectivity index (χ2n) is 5.52. The van der Waals surface area contributed by atoms with Crippen molar-refractivity contribution in [1.82, 2.24) is 24.6 Å². The van der Waals surface area contributed by atoms with Crippen LogP contribution in [0.1, 0.15) is 23.3 Å². The van der Waals surface area contributed by atoms with Crippen LogP contribution < -0.4 is 0 Å². The van der Waals surface area contributed by atoms with Crippen LogP contribution in [0, 0.1) is 0 Å². The minimum absolute atomic E-state index is 0.0529. The number of likely N-dealkylation sites (N-methyl/N-ethyl adjacent to an activating group) is 1. The number of amides is 3. The number of hydrogen-bond acceptors (Lipinski definition) is 6. The van der Waals surface area contributed by atoms with Crippen molar-refractivity contribution in [3.63, 3.8) is 0 Å². The maximum Gasteiger partial charge on any atom is 0.418 e. The van der Waals surface area contributed by atoms with Gasteiger partial charge in [-0.25, -0.2) is 4.79 Å². The first-order valence-electron chi connectivity index (χ1n) is 6.61. The SMILES string of the molecule is CN(C)C(=O)[C@H]1c2c(cnn2C)[C@H]2CN1C(=O)N2OS(=O)(=O)O. The zero-order chi connectivity index (χ0) is 17.1. The molecule has 2 atom stereocenters. The van der Waals surface area contributed by atoms with E-state index < -0.39 is 28.5 Å². The van der Waals surface area contributed by atoms with E-state index in [0.29, 0.717) is 16.3 Å². The topological polar surface area (TPSA) is 125 Å². The first kappa shape index (κ1) is 15.7. The molecule has 0 unspecified atom stereocenters. The van der Waals surface area contributed by atoms with E-state index in [9.17, 15) is 18.0 Å². The molecule has 12 heteroatoms. The summed E-state index contributed by atoms with van der Waals surface area (Å²) in [6.07, 6.45) is 1.45. The Morgan fingerprint density at radius 3 is 2.70 bits per heavy atom. The molecule has 0 aromatic carbocycles. The summed E-state index contributed by atoms with van der Waals surface area (Å²) >= 11 is 0. The summed E-state index contributed by atoms with van der Waals surface area (Å²) in [5.74, 6) is -0.352. The lowest BCUT2D eigenvalue weighted by Gasteiger charge is -2.31. The molecule has 0 radical (unpaired) electrons. The standard InChI is InChI=1S/C11H15N5O6S/c1-13(2)10(17)9-8-6(4-12-14(8)3)7-5-15(9)11(18)16(7)22-23(19,20)21/h4,7,9H,5H2,1-3H3,(H,19,20,21)/t7-,9-/m1/s1. The fourth-order valence-electron chi connectivity index (χ4n) is 2.92. The van der Waals surface area contributed by atoms with Gasteiger partial charge < -0.3 is 9.80 Å². The molecule has 1 N–H and O–H groups in total. The van der Waals surface area contributed by atoms with Gasteiger partial charge in [0.25, 0.3) is 5.91 Å². The molecule has 1 aromatic heterocycles. The van der Waals surface area contributed by atoms with Gasteiger partial charge in [-0.15, -0.1) is 4.28 Å². The van der Waals surface area contributed by atoms with E-state index in [1.165, 1.54) is 20.7 Å². The molecule has 23 heavy (non-hydrogen) atoms. The molecular formula is C11H15N5O6S. The highest BCUT2D eigenvalue weighted by molar-refractivity contribution is 7.80. The highest BCUT2D eigenvalue weighted by Crippen LogP contribution is 2.44. The van der Waals surface area contributed by atoms with Gasteiger partial charge in [0.15, 0.2) is 6.04 Å². The summed E-state index contributed by atoms with van der Waals surface area (Å²) < 4.78 is 36.7. The molecule has 3 heterocycles. The Labute approximate surface area is 131 Å². The Bertz CT molecular complexity index is 787. The number of carbonyl (C=O) groups is 2. The van der Waals surface area contributed by atoms with E-state index in [1.807, 2.05) is 0 Å². The van der Waals surface area contributed by atoms with E-state index in [4.69, 9.17) is 4.55 Å². The minimum atomic E-state index is -4.87. The maximum atomic E-state index is 12.5. The maximum absolute atomic E-state index is 12.5. The van der Waals surface area contributed by atoms with Gasteiger partial charge in [-0.1, -0.05) is 0 Å². The first-order valence-corrected chi connectivity index (χ1v) is 7.98. The summed E-state index contributed by atoms with van der Waals surface area (Å²) in [7, 11) is -0.143. The van der Waals surface area contributed by atoms with Gasteiger partial charge >= 0.3 is 16.4 Å². The van der Waals surface area contributed by atoms with Crippen LogP contribution in [-0.2, 0) is 26.5 Å². The zero-order valence-corrected chi connectivity index (χ0v) is 13.4. The van der Waals surface area contributed by atoms with Gasteiger partial charge in [0, 0.05) is 26.7 Å². The number of carbonyl (C=O) groups excluding carboxylic acids is 2. The van der Waals surface area contributed by atoms with Crippen molar-refractivity contribution in [2.24, 2.45) is 7.05 Å². The predicted octanol–water partition coefficient (Wildman–Crippen LogP) is -0.924. The van der Waals surface area contributed by atoms with E-state index in [-0.39, 0.29) is 12.5 Å². The van der Waals surface area contributed by atoms with Crippen LogP contribution in [0.5, 0.6) is 0 Å². The van der Waals surface area contributed by atoms with Crippen molar-refractivity contribution in [2.45, 2.75) is 12.1 Å². The number of aryl methyl sites for hydroxylation is 1. The third kappa shape index (κ3) is 2.34. The number of rotatable bonds is 3. The number of nitrogens with zero attached hydrogens (tertiary/aromatic N) is 5. The van der Waals surface area contributed by atoms with Crippen LogP contribution in [0.25, 0.3) is 0 Å². The van der Waals surface area contributed by atoms with Crippen LogP contribution in [0.15, 0.2) is 6.20 Å². The van der Waals surface area contributed by atoms with Gasteiger partial charge in [0.1, 0.15) is 6.04 Å². The highest BCUT2D eigenvalue weighted by atomic mass is 32.3. The van der Waals surface area contributed by atoms with Crippen LogP contribution in [0.2, 0.25) is 0 Å². The normalized spacial score (nSPS) is 23.2. The number of urea groups is 1. The molecule has 2 bridgehead atoms. The molecule has 1 aromatic rings. The summed E-state index contributed by atoms with van der Waals surface area (Å²) in [5.41, 5.74) is 0.980. The van der Waals surface area contributed by atoms with Crippen molar-refractivity contribution in [1.29, 1.82) is 0 Å². The number of hydroxylamine groups is 2. The molecule has 0 aliphatic carbocycles. The average molecular weight is 345 g/mol. The predicted molar refractivity (Wildman–Crippen MR) is 74.0 cm³/mol. The first-order chi connectivity index (χ1) is 10.6. The van der Waals surface area contributed by atoms with E-state index in [2.05, 4.69) is 9.38 Å². The second-order valence-corrected chi connectivity index (χ2v) is 6.53. The Morgan fingerprint density at radius 1 is 1.48 bits per heavy atom. The fraction of sp³-hybridized carbons (Fsp3) is 0.545. The van der Waals surface area contributed by atoms with Gasteiger partial charge in [0.2, 0.25) is 0 Å². The number of fused-ring (bicyclic) bond motifs is 4. The van der Waals surface area contributed by atoms with Gasteiger partial charge in [-0.3, -0.25) is 14.0 Å². The monoisotopic (exact) mass is 345 g/mol. The molecule has 3 amide bonds. The molecule has 2 aliphatic heterocycles. The minimum Gasteiger partial charge on any atom is -0.347 e. The quantitative estimate of drug-likeness (QED) is 0.702. The lowest BCUT2D eigenvalue weighted by atomic mass is 9.97. The molecule has 3 rings (SSSR count). The number of aromatic nitrogens is 2. The van der Waals surface area contributed by atoms with E-state index in [0.717, 1.165) is 0 Å². The summed E-state index contributed by atoms with van der Waals surface area (Å²) in [6, 6.07) is -2.53. The molecule has 1 fully saturated rings. The molecule has 0 spiro atoms. The lowest BCUT2D eigenvalue weighted by Crippen LogP contribution is -2.44. The van der Waals surface area contributed by atoms with Gasteiger partial charge in [0.05, 0.1) is 18.4 Å². The Kier molecular flexibility index (Phi) is 3.35. The van der Waals surface area contributed by atoms with E-state index >= 15 is 0 Å². The summed E-state index contributed by atoms with van der Waals surface area (Å²) in [4.78, 5) is 27.5. The third-order valence-corrected chi connectivity index (χ3v) is 4.23. The zero-order valence-electron chi connectivity index (χ0n) is 12.6. The molecular weight excluding hydrogens is 330 g/mol. The molecule has 1 saturated heterocycles. The Hall–Kier alpha value is -2.18. The second kappa shape index (κ2) is 4.91. The Balaban J connectivity index is 2.11. The van der Waals surface area contributed by atoms with Crippen molar-refractivity contribution >= 4 is 22.3 Å². The van der Waals surface area contributed by atoms with Crippen LogP contribution in [-0.4, -0.2) is 70.2 Å². The van der Waals surface area contributed by atoms with Crippen LogP contribution in [0.4, 0.5) is 4.79 Å². The van der Waals surface area contributed by atoms with Crippen LogP contribution >= 0.6 is 0 Å². The van der Waals surface area contributed by atoms with Gasteiger partial charge in [-0.2, -0.15) is 18.6 Å². The average Bonchev–Trinajstić information content (AvgIpc) is 2.93. The number of hydrogen-bond donors (Lipinski definition) is 1. The highest BCUT2D eigenvalue weighted by Gasteiger charge is 2.54. The van der Waals surface area contributed by atoms with Crippen LogP contribution in [0.3, 0.4) is 0 Å². The molecule has 0 saturated carbocycles. The fourth-order valence-corrected chi connectivity index (χ4v) is 3.29. The third-order valence-electron chi connectivity index (χ3n) is 3.88. The van der Waals surface area contributed by atoms with Crippen molar-refractivity contribution < 1.29 is 26.8 Å². The molecule has 11 nitrogen and oxygen atoms in total. The van der Waals surface area contributed by atoms with Gasteiger partial charge in [-0.05, 0) is 0 Å². The summed E-state index contributed by atoms with van der Waals surface area (Å²) in [6.45, 7) is 0.0529. The van der Waals surface area contributed by atoms with E-state index in [1.54, 1.807) is 21.1 Å². The van der Waals surface area contributed by atoms with Crippen molar-refractivity contribution in [3.8, 4) is 0 Å². The lowest BCUT2D eigenvalue weighted by molar-refractivity contribution is -0.133. The van der Waals surface area contributed by atoms with Crippen molar-refractivity contribution in [3.05, 3.63) is 17.5 Å². The van der Waals surface area contributed by atoms with Crippen molar-refractivity contribution in [2.75, 3.05) is 20.6 Å². The molecule has 126 valence electrons. The summed E-state index contributed by atoms with van der Waals surface area (Å²) in [5, 5.41) is 4.63. The smallest absolute Gasteiger partial charge is 0.347 e. The Morgan fingerprint density at radius 2 is 2.13 bits per heavy atom. The molecule has 2 aliphatic rings. The largest absolute Gasteiger partial charge is 0.418 e.